The predicted octanol–water partition coefficient (Wildman–Crippen LogP) is 0.524. The Labute approximate surface area is 89.0 Å². The lowest BCUT2D eigenvalue weighted by Crippen LogP contribution is -2.33. The van der Waals surface area contributed by atoms with Crippen LogP contribution in [0.2, 0.25) is 0 Å². The van der Waals surface area contributed by atoms with Crippen molar-refractivity contribution in [3.63, 3.8) is 0 Å². The number of nitrogens with one attached hydrogen (secondary N) is 1. The van der Waals surface area contributed by atoms with Gasteiger partial charge in [-0.1, -0.05) is 0 Å². The first-order valence-corrected chi connectivity index (χ1v) is 5.04. The normalized spacial score (nSPS) is 20.6. The van der Waals surface area contributed by atoms with Crippen molar-refractivity contribution in [2.45, 2.75) is 12.0 Å². The molecule has 15 heavy (non-hydrogen) atoms. The molecule has 0 amide bonds. The minimum absolute atomic E-state index is 0.00297. The number of aliphatic hydroxyl groups is 1. The standard InChI is InChI=1S/C11H16N2O2/c1-15-7-2-3-11-8(4-7)9(5-13-11)10(12)6-14/h2-4,9-10,13-14H,5-6,12H2,1H3. The van der Waals surface area contributed by atoms with Gasteiger partial charge in [-0.2, -0.15) is 0 Å². The maximum absolute atomic E-state index is 9.06. The molecule has 0 fully saturated rings. The molecular formula is C11H16N2O2. The van der Waals surface area contributed by atoms with Gasteiger partial charge in [0.15, 0.2) is 0 Å². The fourth-order valence-electron chi connectivity index (χ4n) is 1.97. The summed E-state index contributed by atoms with van der Waals surface area (Å²) < 4.78 is 5.17. The van der Waals surface area contributed by atoms with E-state index in [1.165, 1.54) is 0 Å². The number of methoxy groups -OCH3 is 1. The molecule has 0 bridgehead atoms. The number of anilines is 1. The van der Waals surface area contributed by atoms with Gasteiger partial charge in [0.1, 0.15) is 5.75 Å². The fourth-order valence-corrected chi connectivity index (χ4v) is 1.97. The van der Waals surface area contributed by atoms with Crippen LogP contribution in [0.1, 0.15) is 11.5 Å². The van der Waals surface area contributed by atoms with Crippen LogP contribution >= 0.6 is 0 Å². The van der Waals surface area contributed by atoms with Crippen molar-refractivity contribution in [3.05, 3.63) is 23.8 Å². The Kier molecular flexibility index (Phi) is 2.79. The third-order valence-electron chi connectivity index (χ3n) is 2.90. The van der Waals surface area contributed by atoms with Crippen molar-refractivity contribution in [2.75, 3.05) is 25.6 Å². The summed E-state index contributed by atoms with van der Waals surface area (Å²) >= 11 is 0. The van der Waals surface area contributed by atoms with Crippen LogP contribution in [-0.2, 0) is 0 Å². The van der Waals surface area contributed by atoms with Crippen LogP contribution in [0.15, 0.2) is 18.2 Å². The summed E-state index contributed by atoms with van der Waals surface area (Å²) in [6, 6.07) is 5.66. The molecule has 0 aliphatic carbocycles. The Morgan fingerprint density at radius 1 is 1.67 bits per heavy atom. The van der Waals surface area contributed by atoms with E-state index in [2.05, 4.69) is 5.32 Å². The highest BCUT2D eigenvalue weighted by molar-refractivity contribution is 5.60. The van der Waals surface area contributed by atoms with Crippen molar-refractivity contribution in [1.82, 2.24) is 0 Å². The first kappa shape index (κ1) is 10.3. The summed E-state index contributed by atoms with van der Waals surface area (Å²) in [6.45, 7) is 0.785. The summed E-state index contributed by atoms with van der Waals surface area (Å²) in [5.74, 6) is 0.993. The molecule has 1 aliphatic rings. The van der Waals surface area contributed by atoms with Gasteiger partial charge in [0.2, 0.25) is 0 Å². The lowest BCUT2D eigenvalue weighted by Gasteiger charge is -2.16. The summed E-state index contributed by atoms with van der Waals surface area (Å²) in [7, 11) is 1.64. The molecule has 0 spiro atoms. The molecule has 2 atom stereocenters. The van der Waals surface area contributed by atoms with Crippen LogP contribution in [0.4, 0.5) is 5.69 Å². The minimum atomic E-state index is -0.217. The number of nitrogens with two attached hydrogens (primary N) is 1. The average Bonchev–Trinajstić information content (AvgIpc) is 2.70. The minimum Gasteiger partial charge on any atom is -0.497 e. The van der Waals surface area contributed by atoms with E-state index >= 15 is 0 Å². The van der Waals surface area contributed by atoms with Gasteiger partial charge in [0.05, 0.1) is 13.7 Å². The monoisotopic (exact) mass is 208 g/mol. The lowest BCUT2D eigenvalue weighted by molar-refractivity contribution is 0.252. The van der Waals surface area contributed by atoms with Gasteiger partial charge >= 0.3 is 0 Å². The third-order valence-corrected chi connectivity index (χ3v) is 2.90. The number of fused-ring (bicyclic) bond motifs is 1. The van der Waals surface area contributed by atoms with Crippen LogP contribution in [0.25, 0.3) is 0 Å². The van der Waals surface area contributed by atoms with E-state index < -0.39 is 0 Å². The SMILES string of the molecule is COc1ccc2c(c1)C(C(N)CO)CN2. The quantitative estimate of drug-likeness (QED) is 0.677. The van der Waals surface area contributed by atoms with E-state index in [9.17, 15) is 0 Å². The second kappa shape index (κ2) is 4.08. The third kappa shape index (κ3) is 1.78. The van der Waals surface area contributed by atoms with Gasteiger partial charge in [-0.3, -0.25) is 0 Å². The molecule has 1 aromatic rings. The first-order valence-electron chi connectivity index (χ1n) is 5.04. The van der Waals surface area contributed by atoms with Crippen LogP contribution in [0.5, 0.6) is 5.75 Å². The van der Waals surface area contributed by atoms with Gasteiger partial charge in [0, 0.05) is 24.2 Å². The van der Waals surface area contributed by atoms with Crippen LogP contribution in [0.3, 0.4) is 0 Å². The lowest BCUT2D eigenvalue weighted by atomic mass is 9.94. The van der Waals surface area contributed by atoms with Crippen LogP contribution in [-0.4, -0.2) is 31.4 Å². The number of ether oxygens (including phenoxy) is 1. The van der Waals surface area contributed by atoms with Crippen molar-refractivity contribution in [2.24, 2.45) is 5.73 Å². The molecule has 0 aromatic heterocycles. The van der Waals surface area contributed by atoms with Gasteiger partial charge in [0.25, 0.3) is 0 Å². The maximum Gasteiger partial charge on any atom is 0.119 e. The van der Waals surface area contributed by atoms with Crippen LogP contribution in [0, 0.1) is 0 Å². The molecule has 0 saturated carbocycles. The number of benzene rings is 1. The molecule has 1 aliphatic heterocycles. The molecule has 4 nitrogen and oxygen atoms in total. The molecule has 4 heteroatoms. The van der Waals surface area contributed by atoms with Crippen molar-refractivity contribution < 1.29 is 9.84 Å². The molecule has 4 N–H and O–H groups in total. The number of hydrogen-bond donors (Lipinski definition) is 3. The Balaban J connectivity index is 2.31. The van der Waals surface area contributed by atoms with E-state index in [1.54, 1.807) is 7.11 Å². The summed E-state index contributed by atoms with van der Waals surface area (Å²) in [4.78, 5) is 0. The molecule has 2 rings (SSSR count). The molecular weight excluding hydrogens is 192 g/mol. The molecule has 0 saturated heterocycles. The van der Waals surface area contributed by atoms with Gasteiger partial charge < -0.3 is 20.9 Å². The highest BCUT2D eigenvalue weighted by Gasteiger charge is 2.27. The van der Waals surface area contributed by atoms with E-state index in [4.69, 9.17) is 15.6 Å². The fraction of sp³-hybridized carbons (Fsp3) is 0.455. The van der Waals surface area contributed by atoms with Gasteiger partial charge in [-0.15, -0.1) is 0 Å². The first-order chi connectivity index (χ1) is 7.26. The summed E-state index contributed by atoms with van der Waals surface area (Å²) in [5.41, 5.74) is 8.08. The highest BCUT2D eigenvalue weighted by atomic mass is 16.5. The van der Waals surface area contributed by atoms with E-state index in [0.717, 1.165) is 23.5 Å². The Morgan fingerprint density at radius 3 is 3.13 bits per heavy atom. The molecule has 82 valence electrons. The summed E-state index contributed by atoms with van der Waals surface area (Å²) in [5, 5.41) is 12.3. The molecule has 2 unspecified atom stereocenters. The Bertz CT molecular complexity index is 354. The number of hydrogen-bond acceptors (Lipinski definition) is 4. The van der Waals surface area contributed by atoms with E-state index in [1.807, 2.05) is 18.2 Å². The largest absolute Gasteiger partial charge is 0.497 e. The zero-order valence-electron chi connectivity index (χ0n) is 8.73. The second-order valence-electron chi connectivity index (χ2n) is 3.79. The Morgan fingerprint density at radius 2 is 2.47 bits per heavy atom. The zero-order chi connectivity index (χ0) is 10.8. The van der Waals surface area contributed by atoms with Crippen LogP contribution < -0.4 is 15.8 Å². The molecule has 1 aromatic carbocycles. The van der Waals surface area contributed by atoms with Crippen molar-refractivity contribution in [1.29, 1.82) is 0 Å². The highest BCUT2D eigenvalue weighted by Crippen LogP contribution is 2.35. The smallest absolute Gasteiger partial charge is 0.119 e. The zero-order valence-corrected chi connectivity index (χ0v) is 8.73. The average molecular weight is 208 g/mol. The summed E-state index contributed by atoms with van der Waals surface area (Å²) in [6.07, 6.45) is 0. The van der Waals surface area contributed by atoms with E-state index in [-0.39, 0.29) is 18.6 Å². The predicted molar refractivity (Wildman–Crippen MR) is 59.3 cm³/mol. The van der Waals surface area contributed by atoms with Gasteiger partial charge in [-0.05, 0) is 23.8 Å². The van der Waals surface area contributed by atoms with E-state index in [0.29, 0.717) is 0 Å². The number of aliphatic hydroxyl groups excluding tert-OH is 1. The topological polar surface area (TPSA) is 67.5 Å². The Hall–Kier alpha value is -1.26. The number of rotatable bonds is 3. The van der Waals surface area contributed by atoms with Gasteiger partial charge in [-0.25, -0.2) is 0 Å². The van der Waals surface area contributed by atoms with Crippen molar-refractivity contribution in [3.8, 4) is 5.75 Å². The second-order valence-corrected chi connectivity index (χ2v) is 3.79. The maximum atomic E-state index is 9.06. The molecule has 0 radical (unpaired) electrons. The molecule has 1 heterocycles. The van der Waals surface area contributed by atoms with Crippen molar-refractivity contribution >= 4 is 5.69 Å².